The Morgan fingerprint density at radius 1 is 0.833 bits per heavy atom. The van der Waals surface area contributed by atoms with Crippen molar-refractivity contribution < 1.29 is 9.59 Å². The summed E-state index contributed by atoms with van der Waals surface area (Å²) in [6.07, 6.45) is 7.09. The number of fused-ring (bicyclic) bond motifs is 12. The highest BCUT2D eigenvalue weighted by atomic mass is 35.5. The van der Waals surface area contributed by atoms with Gasteiger partial charge in [-0.25, -0.2) is 0 Å². The van der Waals surface area contributed by atoms with Crippen LogP contribution in [-0.2, 0) is 9.59 Å². The summed E-state index contributed by atoms with van der Waals surface area (Å²) in [7, 11) is 0. The van der Waals surface area contributed by atoms with Crippen molar-refractivity contribution in [1.82, 2.24) is 0 Å². The Morgan fingerprint density at radius 3 is 1.92 bits per heavy atom. The van der Waals surface area contributed by atoms with Gasteiger partial charge < -0.3 is 0 Å². The average Bonchev–Trinajstić information content (AvgIpc) is 3.35. The van der Waals surface area contributed by atoms with Gasteiger partial charge in [-0.15, -0.1) is 0 Å². The molecule has 4 bridgehead atoms. The number of benzene rings is 1. The Balaban J connectivity index is 1.40. The molecule has 3 saturated carbocycles. The van der Waals surface area contributed by atoms with Crippen LogP contribution in [0.4, 0.5) is 5.69 Å². The van der Waals surface area contributed by atoms with Crippen LogP contribution in [0, 0.1) is 47.3 Å². The lowest BCUT2D eigenvalue weighted by Crippen LogP contribution is -2.38. The Bertz CT molecular complexity index is 758. The summed E-state index contributed by atoms with van der Waals surface area (Å²) < 4.78 is 0. The number of rotatable bonds is 1. The molecule has 0 N–H and O–H groups in total. The zero-order valence-corrected chi connectivity index (χ0v) is 13.9. The zero-order valence-electron chi connectivity index (χ0n) is 13.1. The summed E-state index contributed by atoms with van der Waals surface area (Å²) in [6, 6.07) is 7.07. The molecule has 8 unspecified atom stereocenters. The van der Waals surface area contributed by atoms with E-state index in [1.807, 2.05) is 0 Å². The zero-order chi connectivity index (χ0) is 16.2. The van der Waals surface area contributed by atoms with Crippen LogP contribution in [0.15, 0.2) is 36.4 Å². The van der Waals surface area contributed by atoms with Crippen molar-refractivity contribution in [3.63, 3.8) is 0 Å². The molecule has 3 nitrogen and oxygen atoms in total. The Kier molecular flexibility index (Phi) is 2.46. The first-order valence-electron chi connectivity index (χ1n) is 8.97. The molecule has 122 valence electrons. The third-order valence-electron chi connectivity index (χ3n) is 7.52. The molecule has 2 amide bonds. The minimum absolute atomic E-state index is 0.0324. The number of allylic oxidation sites excluding steroid dienone is 2. The van der Waals surface area contributed by atoms with Crippen molar-refractivity contribution in [2.24, 2.45) is 47.3 Å². The molecular formula is C20H18ClNO2. The van der Waals surface area contributed by atoms with Gasteiger partial charge in [0.05, 0.1) is 17.5 Å². The topological polar surface area (TPSA) is 37.4 Å². The Morgan fingerprint density at radius 2 is 1.38 bits per heavy atom. The lowest BCUT2D eigenvalue weighted by atomic mass is 9.65. The number of nitrogens with zero attached hydrogens (tertiary/aromatic N) is 1. The van der Waals surface area contributed by atoms with Gasteiger partial charge in [0, 0.05) is 5.02 Å². The Hall–Kier alpha value is -1.61. The quantitative estimate of drug-likeness (QED) is 0.446. The number of carbonyl (C=O) groups is 2. The summed E-state index contributed by atoms with van der Waals surface area (Å²) in [5, 5.41) is 0.621. The van der Waals surface area contributed by atoms with Crippen molar-refractivity contribution in [3.05, 3.63) is 41.4 Å². The van der Waals surface area contributed by atoms with Gasteiger partial charge in [0.1, 0.15) is 0 Å². The molecule has 0 aromatic heterocycles. The van der Waals surface area contributed by atoms with Gasteiger partial charge in [0.2, 0.25) is 11.8 Å². The van der Waals surface area contributed by atoms with Crippen LogP contribution in [0.25, 0.3) is 0 Å². The second-order valence-corrected chi connectivity index (χ2v) is 8.64. The standard InChI is InChI=1S/C20H18ClNO2/c21-11-3-5-12(6-4-11)22-19(23)17-13-8-14(18(17)20(22)24)16-10-2-1-9(7-10)15(13)16/h1-6,9-10,13-18H,7-8H2. The van der Waals surface area contributed by atoms with Crippen LogP contribution in [-0.4, -0.2) is 11.8 Å². The highest BCUT2D eigenvalue weighted by molar-refractivity contribution is 6.30. The number of hydrogen-bond acceptors (Lipinski definition) is 2. The van der Waals surface area contributed by atoms with E-state index < -0.39 is 0 Å². The van der Waals surface area contributed by atoms with Crippen LogP contribution in [0.1, 0.15) is 12.8 Å². The van der Waals surface area contributed by atoms with Crippen LogP contribution in [0.3, 0.4) is 0 Å². The van der Waals surface area contributed by atoms with Crippen molar-refractivity contribution in [1.29, 1.82) is 0 Å². The maximum Gasteiger partial charge on any atom is 0.237 e. The SMILES string of the molecule is O=C1C2C3CC(C2C(=O)N1c1ccc(Cl)cc1)C1C2C=CC(C2)C31. The first-order valence-corrected chi connectivity index (χ1v) is 9.34. The van der Waals surface area contributed by atoms with Crippen molar-refractivity contribution in [2.45, 2.75) is 12.8 Å². The van der Waals surface area contributed by atoms with E-state index in [2.05, 4.69) is 12.2 Å². The average molecular weight is 340 g/mol. The van der Waals surface area contributed by atoms with Crippen LogP contribution < -0.4 is 4.90 Å². The molecule has 1 aromatic carbocycles. The minimum Gasteiger partial charge on any atom is -0.274 e. The normalized spacial score (nSPS) is 47.0. The maximum atomic E-state index is 13.1. The molecule has 6 rings (SSSR count). The minimum atomic E-state index is -0.0767. The smallest absolute Gasteiger partial charge is 0.237 e. The second-order valence-electron chi connectivity index (χ2n) is 8.21. The van der Waals surface area contributed by atoms with Gasteiger partial charge in [-0.2, -0.15) is 0 Å². The second kappa shape index (κ2) is 4.32. The van der Waals surface area contributed by atoms with Crippen LogP contribution >= 0.6 is 11.6 Å². The first-order chi connectivity index (χ1) is 11.6. The van der Waals surface area contributed by atoms with Gasteiger partial charge in [-0.1, -0.05) is 23.8 Å². The van der Waals surface area contributed by atoms with Crippen LogP contribution in [0.5, 0.6) is 0 Å². The van der Waals surface area contributed by atoms with Gasteiger partial charge in [-0.3, -0.25) is 14.5 Å². The van der Waals surface area contributed by atoms with E-state index in [1.165, 1.54) is 11.3 Å². The number of carbonyl (C=O) groups excluding carboxylic acids is 2. The lowest BCUT2D eigenvalue weighted by Gasteiger charge is -2.36. The number of halogens is 1. The van der Waals surface area contributed by atoms with Gasteiger partial charge >= 0.3 is 0 Å². The molecule has 8 atom stereocenters. The van der Waals surface area contributed by atoms with Crippen molar-refractivity contribution in [3.8, 4) is 0 Å². The fraction of sp³-hybridized carbons (Fsp3) is 0.500. The van der Waals surface area contributed by atoms with Gasteiger partial charge in [-0.05, 0) is 72.6 Å². The molecule has 24 heavy (non-hydrogen) atoms. The molecule has 4 aliphatic carbocycles. The summed E-state index contributed by atoms with van der Waals surface area (Å²) in [5.74, 6) is 3.35. The van der Waals surface area contributed by atoms with Crippen molar-refractivity contribution >= 4 is 29.1 Å². The number of imide groups is 1. The van der Waals surface area contributed by atoms with E-state index in [1.54, 1.807) is 24.3 Å². The van der Waals surface area contributed by atoms with Crippen molar-refractivity contribution in [2.75, 3.05) is 4.90 Å². The number of amides is 2. The summed E-state index contributed by atoms with van der Waals surface area (Å²) in [6.45, 7) is 0. The van der Waals surface area contributed by atoms with E-state index in [9.17, 15) is 9.59 Å². The molecular weight excluding hydrogens is 322 g/mol. The molecule has 0 spiro atoms. The van der Waals surface area contributed by atoms with E-state index in [0.717, 1.165) is 6.42 Å². The molecule has 1 aromatic rings. The summed E-state index contributed by atoms with van der Waals surface area (Å²) >= 11 is 5.95. The third-order valence-corrected chi connectivity index (χ3v) is 7.77. The highest BCUT2D eigenvalue weighted by Gasteiger charge is 2.71. The lowest BCUT2D eigenvalue weighted by molar-refractivity contribution is -0.123. The largest absolute Gasteiger partial charge is 0.274 e. The van der Waals surface area contributed by atoms with Gasteiger partial charge in [0.15, 0.2) is 0 Å². The highest BCUT2D eigenvalue weighted by Crippen LogP contribution is 2.70. The molecule has 1 heterocycles. The molecule has 5 aliphatic rings. The maximum absolute atomic E-state index is 13.1. The fourth-order valence-corrected chi connectivity index (χ4v) is 7.09. The van der Waals surface area contributed by atoms with E-state index in [0.29, 0.717) is 46.2 Å². The third kappa shape index (κ3) is 1.42. The fourth-order valence-electron chi connectivity index (χ4n) is 6.96. The predicted molar refractivity (Wildman–Crippen MR) is 90.2 cm³/mol. The summed E-state index contributed by atoms with van der Waals surface area (Å²) in [4.78, 5) is 27.7. The molecule has 4 fully saturated rings. The molecule has 1 saturated heterocycles. The van der Waals surface area contributed by atoms with Gasteiger partial charge in [0.25, 0.3) is 0 Å². The molecule has 0 radical (unpaired) electrons. The monoisotopic (exact) mass is 339 g/mol. The predicted octanol–water partition coefficient (Wildman–Crippen LogP) is 3.53. The van der Waals surface area contributed by atoms with E-state index in [4.69, 9.17) is 11.6 Å². The summed E-state index contributed by atoms with van der Waals surface area (Å²) in [5.41, 5.74) is 0.675. The first kappa shape index (κ1) is 13.7. The number of hydrogen-bond donors (Lipinski definition) is 0. The molecule has 1 aliphatic heterocycles. The van der Waals surface area contributed by atoms with Crippen LogP contribution in [0.2, 0.25) is 5.02 Å². The van der Waals surface area contributed by atoms with E-state index >= 15 is 0 Å². The number of anilines is 1. The van der Waals surface area contributed by atoms with E-state index in [-0.39, 0.29) is 23.7 Å². The molecule has 4 heteroatoms. The Labute approximate surface area is 145 Å².